The number of para-hydroxylation sites is 1. The van der Waals surface area contributed by atoms with Gasteiger partial charge in [-0.05, 0) is 43.5 Å². The van der Waals surface area contributed by atoms with Crippen molar-refractivity contribution in [2.45, 2.75) is 32.4 Å². The number of aryl methyl sites for hydroxylation is 2. The summed E-state index contributed by atoms with van der Waals surface area (Å²) in [7, 11) is 0. The van der Waals surface area contributed by atoms with Gasteiger partial charge in [-0.3, -0.25) is 9.20 Å². The van der Waals surface area contributed by atoms with Gasteiger partial charge in [0, 0.05) is 24.3 Å². The number of hydrogen-bond donors (Lipinski definition) is 1. The Bertz CT molecular complexity index is 938. The summed E-state index contributed by atoms with van der Waals surface area (Å²) < 4.78 is 7.54. The van der Waals surface area contributed by atoms with E-state index in [1.54, 1.807) is 10.5 Å². The van der Waals surface area contributed by atoms with Gasteiger partial charge < -0.3 is 10.1 Å². The van der Waals surface area contributed by atoms with E-state index < -0.39 is 0 Å². The number of pyridine rings is 1. The molecule has 1 atom stereocenters. The molecule has 0 aliphatic carbocycles. The molecule has 1 aliphatic rings. The zero-order valence-corrected chi connectivity index (χ0v) is 14.2. The Kier molecular flexibility index (Phi) is 4.24. The fourth-order valence-electron chi connectivity index (χ4n) is 3.32. The van der Waals surface area contributed by atoms with Gasteiger partial charge in [-0.15, -0.1) is 0 Å². The summed E-state index contributed by atoms with van der Waals surface area (Å²) >= 11 is 0. The molecule has 2 aromatic heterocycles. The minimum absolute atomic E-state index is 0.0376. The first-order valence-electron chi connectivity index (χ1n) is 8.63. The third-order valence-corrected chi connectivity index (χ3v) is 4.68. The van der Waals surface area contributed by atoms with Crippen LogP contribution in [0.2, 0.25) is 0 Å². The van der Waals surface area contributed by atoms with Gasteiger partial charge in [-0.2, -0.15) is 0 Å². The normalized spacial score (nSPS) is 16.9. The third kappa shape index (κ3) is 3.28. The number of fused-ring (bicyclic) bond motifs is 2. The van der Waals surface area contributed by atoms with E-state index in [1.165, 1.54) is 5.56 Å². The van der Waals surface area contributed by atoms with E-state index in [2.05, 4.69) is 16.4 Å². The molecule has 3 aromatic rings. The standard InChI is InChI=1S/C20H21N3O2/c1-14-5-4-8-19-22-17(11-20(24)23(14)19)12-21-16-10-9-15-6-2-3-7-18(15)25-13-16/h2-8,11,16,21H,9-10,12-13H2,1H3. The van der Waals surface area contributed by atoms with E-state index >= 15 is 0 Å². The number of aromatic nitrogens is 2. The first-order valence-corrected chi connectivity index (χ1v) is 8.63. The smallest absolute Gasteiger partial charge is 0.258 e. The highest BCUT2D eigenvalue weighted by atomic mass is 16.5. The minimum Gasteiger partial charge on any atom is -0.492 e. The Morgan fingerprint density at radius 1 is 1.24 bits per heavy atom. The van der Waals surface area contributed by atoms with Gasteiger partial charge in [-0.25, -0.2) is 4.98 Å². The molecular formula is C20H21N3O2. The fourth-order valence-corrected chi connectivity index (χ4v) is 3.32. The van der Waals surface area contributed by atoms with Crippen LogP contribution in [0.15, 0.2) is 53.3 Å². The summed E-state index contributed by atoms with van der Waals surface area (Å²) in [4.78, 5) is 16.9. The van der Waals surface area contributed by atoms with Crippen molar-refractivity contribution in [2.75, 3.05) is 6.61 Å². The Balaban J connectivity index is 1.47. The molecule has 0 bridgehead atoms. The molecule has 25 heavy (non-hydrogen) atoms. The van der Waals surface area contributed by atoms with Crippen LogP contribution in [-0.2, 0) is 13.0 Å². The number of benzene rings is 1. The van der Waals surface area contributed by atoms with Crippen molar-refractivity contribution in [3.8, 4) is 5.75 Å². The predicted octanol–water partition coefficient (Wildman–Crippen LogP) is 2.49. The lowest BCUT2D eigenvalue weighted by molar-refractivity contribution is 0.267. The number of ether oxygens (including phenoxy) is 1. The SMILES string of the molecule is Cc1cccc2nc(CNC3CCc4ccccc4OC3)cc(=O)n12. The largest absolute Gasteiger partial charge is 0.492 e. The zero-order chi connectivity index (χ0) is 17.2. The predicted molar refractivity (Wildman–Crippen MR) is 97.1 cm³/mol. The second kappa shape index (κ2) is 6.69. The molecule has 0 fully saturated rings. The van der Waals surface area contributed by atoms with Crippen molar-refractivity contribution >= 4 is 5.65 Å². The highest BCUT2D eigenvalue weighted by Crippen LogP contribution is 2.23. The summed E-state index contributed by atoms with van der Waals surface area (Å²) in [6.07, 6.45) is 1.99. The maximum atomic E-state index is 12.3. The molecule has 3 heterocycles. The van der Waals surface area contributed by atoms with Crippen LogP contribution in [0.25, 0.3) is 5.65 Å². The molecule has 5 heteroatoms. The molecule has 1 unspecified atom stereocenters. The van der Waals surface area contributed by atoms with Crippen LogP contribution >= 0.6 is 0 Å². The molecule has 0 saturated carbocycles. The van der Waals surface area contributed by atoms with Gasteiger partial charge in [0.15, 0.2) is 0 Å². The van der Waals surface area contributed by atoms with E-state index in [1.807, 2.05) is 43.3 Å². The molecule has 0 radical (unpaired) electrons. The van der Waals surface area contributed by atoms with Crippen molar-refractivity contribution in [1.29, 1.82) is 0 Å². The second-order valence-electron chi connectivity index (χ2n) is 6.48. The Morgan fingerprint density at radius 2 is 2.12 bits per heavy atom. The molecule has 1 aromatic carbocycles. The lowest BCUT2D eigenvalue weighted by Gasteiger charge is -2.16. The van der Waals surface area contributed by atoms with E-state index in [-0.39, 0.29) is 11.6 Å². The second-order valence-corrected chi connectivity index (χ2v) is 6.48. The van der Waals surface area contributed by atoms with Crippen LogP contribution < -0.4 is 15.6 Å². The van der Waals surface area contributed by atoms with Gasteiger partial charge in [0.1, 0.15) is 18.0 Å². The summed E-state index contributed by atoms with van der Waals surface area (Å²) in [5, 5.41) is 3.48. The monoisotopic (exact) mass is 335 g/mol. The molecule has 5 nitrogen and oxygen atoms in total. The van der Waals surface area contributed by atoms with Crippen LogP contribution in [0.4, 0.5) is 0 Å². The quantitative estimate of drug-likeness (QED) is 0.799. The Labute approximate surface area is 146 Å². The van der Waals surface area contributed by atoms with Gasteiger partial charge in [-0.1, -0.05) is 24.3 Å². The van der Waals surface area contributed by atoms with E-state index in [0.29, 0.717) is 18.8 Å². The van der Waals surface area contributed by atoms with Crippen LogP contribution in [0.3, 0.4) is 0 Å². The van der Waals surface area contributed by atoms with E-state index in [4.69, 9.17) is 4.74 Å². The average molecular weight is 335 g/mol. The van der Waals surface area contributed by atoms with Crippen molar-refractivity contribution in [3.05, 3.63) is 75.8 Å². The summed E-state index contributed by atoms with van der Waals surface area (Å²) in [6, 6.07) is 15.7. The number of rotatable bonds is 3. The molecule has 128 valence electrons. The molecule has 4 rings (SSSR count). The number of nitrogens with zero attached hydrogens (tertiary/aromatic N) is 2. The van der Waals surface area contributed by atoms with Gasteiger partial charge >= 0.3 is 0 Å². The van der Waals surface area contributed by atoms with Crippen molar-refractivity contribution in [1.82, 2.24) is 14.7 Å². The number of nitrogens with one attached hydrogen (secondary N) is 1. The molecule has 0 saturated heterocycles. The van der Waals surface area contributed by atoms with Crippen LogP contribution in [0.5, 0.6) is 5.75 Å². The first kappa shape index (κ1) is 15.8. The summed E-state index contributed by atoms with van der Waals surface area (Å²) in [5.74, 6) is 0.976. The maximum absolute atomic E-state index is 12.3. The number of hydrogen-bond acceptors (Lipinski definition) is 4. The summed E-state index contributed by atoms with van der Waals surface area (Å²) in [6.45, 7) is 3.10. The van der Waals surface area contributed by atoms with Crippen LogP contribution in [0, 0.1) is 6.92 Å². The highest BCUT2D eigenvalue weighted by molar-refractivity contribution is 5.40. The van der Waals surface area contributed by atoms with Gasteiger partial charge in [0.25, 0.3) is 5.56 Å². The third-order valence-electron chi connectivity index (χ3n) is 4.68. The zero-order valence-electron chi connectivity index (χ0n) is 14.2. The molecule has 0 amide bonds. The average Bonchev–Trinajstić information content (AvgIpc) is 2.82. The van der Waals surface area contributed by atoms with Crippen molar-refractivity contribution < 1.29 is 4.74 Å². The Morgan fingerprint density at radius 3 is 3.04 bits per heavy atom. The lowest BCUT2D eigenvalue weighted by atomic mass is 10.1. The molecule has 1 N–H and O–H groups in total. The fraction of sp³-hybridized carbons (Fsp3) is 0.300. The Hall–Kier alpha value is -2.66. The summed E-state index contributed by atoms with van der Waals surface area (Å²) in [5.41, 5.74) is 3.56. The highest BCUT2D eigenvalue weighted by Gasteiger charge is 2.16. The molecule has 1 aliphatic heterocycles. The minimum atomic E-state index is -0.0376. The lowest BCUT2D eigenvalue weighted by Crippen LogP contribution is -2.34. The van der Waals surface area contributed by atoms with Crippen LogP contribution in [0.1, 0.15) is 23.4 Å². The van der Waals surface area contributed by atoms with Gasteiger partial charge in [0.2, 0.25) is 0 Å². The maximum Gasteiger partial charge on any atom is 0.258 e. The van der Waals surface area contributed by atoms with Gasteiger partial charge in [0.05, 0.1) is 5.69 Å². The van der Waals surface area contributed by atoms with Crippen molar-refractivity contribution in [2.24, 2.45) is 0 Å². The van der Waals surface area contributed by atoms with Crippen LogP contribution in [-0.4, -0.2) is 22.0 Å². The molecule has 0 spiro atoms. The van der Waals surface area contributed by atoms with Crippen molar-refractivity contribution in [3.63, 3.8) is 0 Å². The molecular weight excluding hydrogens is 314 g/mol. The van der Waals surface area contributed by atoms with E-state index in [0.717, 1.165) is 30.0 Å². The topological polar surface area (TPSA) is 55.6 Å². The first-order chi connectivity index (χ1) is 12.2. The van der Waals surface area contributed by atoms with E-state index in [9.17, 15) is 4.79 Å².